The SMILES string of the molecule is CCCCCCCCCCCn1c(CCCNC(=O)COc2ccccc2)nc2ccccc21. The van der Waals surface area contributed by atoms with Gasteiger partial charge in [-0.1, -0.05) is 88.6 Å². The van der Waals surface area contributed by atoms with Crippen LogP contribution in [0.4, 0.5) is 0 Å². The number of rotatable bonds is 17. The van der Waals surface area contributed by atoms with Gasteiger partial charge in [0.2, 0.25) is 0 Å². The fraction of sp³-hybridized carbons (Fsp3) is 0.517. The number of para-hydroxylation sites is 3. The molecule has 0 radical (unpaired) electrons. The first-order valence-electron chi connectivity index (χ1n) is 13.2. The Morgan fingerprint density at radius 1 is 0.853 bits per heavy atom. The number of ether oxygens (including phenoxy) is 1. The third-order valence-corrected chi connectivity index (χ3v) is 6.23. The van der Waals surface area contributed by atoms with E-state index in [4.69, 9.17) is 9.72 Å². The first-order chi connectivity index (χ1) is 16.8. The van der Waals surface area contributed by atoms with E-state index in [0.29, 0.717) is 12.3 Å². The highest BCUT2D eigenvalue weighted by Crippen LogP contribution is 2.19. The molecule has 1 heterocycles. The first-order valence-corrected chi connectivity index (χ1v) is 13.2. The molecule has 0 aliphatic rings. The molecule has 0 atom stereocenters. The van der Waals surface area contributed by atoms with Crippen molar-refractivity contribution in [3.05, 3.63) is 60.4 Å². The summed E-state index contributed by atoms with van der Waals surface area (Å²) in [7, 11) is 0. The number of nitrogens with one attached hydrogen (secondary N) is 1. The maximum Gasteiger partial charge on any atom is 0.257 e. The number of nitrogens with zero attached hydrogens (tertiary/aromatic N) is 2. The third kappa shape index (κ3) is 8.85. The Morgan fingerprint density at radius 3 is 2.29 bits per heavy atom. The molecule has 1 N–H and O–H groups in total. The maximum absolute atomic E-state index is 12.1. The lowest BCUT2D eigenvalue weighted by Crippen LogP contribution is -2.30. The van der Waals surface area contributed by atoms with Gasteiger partial charge in [0.25, 0.3) is 5.91 Å². The van der Waals surface area contributed by atoms with E-state index < -0.39 is 0 Å². The average molecular weight is 464 g/mol. The lowest BCUT2D eigenvalue weighted by Gasteiger charge is -2.10. The summed E-state index contributed by atoms with van der Waals surface area (Å²) < 4.78 is 7.90. The topological polar surface area (TPSA) is 56.2 Å². The summed E-state index contributed by atoms with van der Waals surface area (Å²) in [6.07, 6.45) is 13.7. The second kappa shape index (κ2) is 15.2. The molecule has 5 heteroatoms. The molecule has 1 amide bonds. The standard InChI is InChI=1S/C29H41N3O2/c1-2-3-4-5-6-7-8-9-15-23-32-27-20-14-13-19-26(27)31-28(32)21-16-22-30-29(33)24-34-25-17-11-10-12-18-25/h10-14,17-20H,2-9,15-16,21-24H2,1H3,(H,30,33). The van der Waals surface area contributed by atoms with Crippen molar-refractivity contribution in [1.29, 1.82) is 0 Å². The van der Waals surface area contributed by atoms with Crippen molar-refractivity contribution in [3.63, 3.8) is 0 Å². The Hall–Kier alpha value is -2.82. The van der Waals surface area contributed by atoms with Gasteiger partial charge < -0.3 is 14.6 Å². The maximum atomic E-state index is 12.1. The number of benzene rings is 2. The van der Waals surface area contributed by atoms with Gasteiger partial charge >= 0.3 is 0 Å². The number of carbonyl (C=O) groups is 1. The number of carbonyl (C=O) groups excluding carboxylic acids is 1. The van der Waals surface area contributed by atoms with E-state index >= 15 is 0 Å². The molecule has 3 aromatic rings. The van der Waals surface area contributed by atoms with Gasteiger partial charge in [-0.05, 0) is 37.1 Å². The monoisotopic (exact) mass is 463 g/mol. The van der Waals surface area contributed by atoms with Crippen LogP contribution < -0.4 is 10.1 Å². The number of hydrogen-bond acceptors (Lipinski definition) is 3. The van der Waals surface area contributed by atoms with Crippen LogP contribution in [-0.4, -0.2) is 28.6 Å². The molecule has 184 valence electrons. The van der Waals surface area contributed by atoms with E-state index in [9.17, 15) is 4.79 Å². The highest BCUT2D eigenvalue weighted by atomic mass is 16.5. The van der Waals surface area contributed by atoms with E-state index in [1.54, 1.807) is 0 Å². The first kappa shape index (κ1) is 25.8. The molecule has 5 nitrogen and oxygen atoms in total. The van der Waals surface area contributed by atoms with Crippen molar-refractivity contribution in [2.24, 2.45) is 0 Å². The molecule has 0 saturated carbocycles. The molecule has 1 aromatic heterocycles. The second-order valence-electron chi connectivity index (χ2n) is 9.05. The highest BCUT2D eigenvalue weighted by molar-refractivity contribution is 5.77. The van der Waals surface area contributed by atoms with Gasteiger partial charge in [0.05, 0.1) is 11.0 Å². The molecule has 0 aliphatic carbocycles. The largest absolute Gasteiger partial charge is 0.484 e. The zero-order chi connectivity index (χ0) is 23.8. The minimum Gasteiger partial charge on any atom is -0.484 e. The van der Waals surface area contributed by atoms with Gasteiger partial charge in [-0.15, -0.1) is 0 Å². The summed E-state index contributed by atoms with van der Waals surface area (Å²) in [5.41, 5.74) is 2.28. The van der Waals surface area contributed by atoms with E-state index in [2.05, 4.69) is 41.1 Å². The zero-order valence-corrected chi connectivity index (χ0v) is 20.8. The number of aryl methyl sites for hydroxylation is 2. The van der Waals surface area contributed by atoms with Crippen molar-refractivity contribution in [2.75, 3.05) is 13.2 Å². The number of imidazole rings is 1. The molecule has 0 fully saturated rings. The van der Waals surface area contributed by atoms with Gasteiger partial charge in [0.1, 0.15) is 11.6 Å². The predicted octanol–water partition coefficient (Wildman–Crippen LogP) is 6.69. The Morgan fingerprint density at radius 2 is 1.53 bits per heavy atom. The van der Waals surface area contributed by atoms with E-state index in [0.717, 1.165) is 30.7 Å². The van der Waals surface area contributed by atoms with Crippen LogP contribution in [0.1, 0.15) is 77.0 Å². The summed E-state index contributed by atoms with van der Waals surface area (Å²) in [5.74, 6) is 1.74. The van der Waals surface area contributed by atoms with Crippen molar-refractivity contribution in [1.82, 2.24) is 14.9 Å². The molecular formula is C29H41N3O2. The fourth-order valence-electron chi connectivity index (χ4n) is 4.34. The average Bonchev–Trinajstić information content (AvgIpc) is 3.22. The predicted molar refractivity (Wildman–Crippen MR) is 140 cm³/mol. The van der Waals surface area contributed by atoms with E-state index in [1.165, 1.54) is 63.3 Å². The van der Waals surface area contributed by atoms with Crippen molar-refractivity contribution < 1.29 is 9.53 Å². The van der Waals surface area contributed by atoms with E-state index in [1.807, 2.05) is 30.3 Å². The van der Waals surface area contributed by atoms with Crippen LogP contribution in [0, 0.1) is 0 Å². The van der Waals surface area contributed by atoms with Crippen LogP contribution in [0.25, 0.3) is 11.0 Å². The molecular weight excluding hydrogens is 422 g/mol. The Balaban J connectivity index is 1.39. The third-order valence-electron chi connectivity index (χ3n) is 6.23. The van der Waals surface area contributed by atoms with Gasteiger partial charge in [-0.25, -0.2) is 4.98 Å². The summed E-state index contributed by atoms with van der Waals surface area (Å²) in [4.78, 5) is 17.0. The molecule has 3 rings (SSSR count). The van der Waals surface area contributed by atoms with Crippen LogP contribution in [0.3, 0.4) is 0 Å². The van der Waals surface area contributed by atoms with Crippen LogP contribution in [0.5, 0.6) is 5.75 Å². The van der Waals surface area contributed by atoms with Gasteiger partial charge in [-0.2, -0.15) is 0 Å². The number of aromatic nitrogens is 2. The molecule has 34 heavy (non-hydrogen) atoms. The Labute approximate surface area is 204 Å². The number of fused-ring (bicyclic) bond motifs is 1. The smallest absolute Gasteiger partial charge is 0.257 e. The quantitative estimate of drug-likeness (QED) is 0.227. The van der Waals surface area contributed by atoms with Crippen LogP contribution in [0.2, 0.25) is 0 Å². The molecule has 2 aromatic carbocycles. The number of amides is 1. The van der Waals surface area contributed by atoms with Crippen molar-refractivity contribution in [3.8, 4) is 5.75 Å². The summed E-state index contributed by atoms with van der Waals surface area (Å²) >= 11 is 0. The van der Waals surface area contributed by atoms with E-state index in [-0.39, 0.29) is 12.5 Å². The lowest BCUT2D eigenvalue weighted by atomic mass is 10.1. The Kier molecular flexibility index (Phi) is 11.5. The fourth-order valence-corrected chi connectivity index (χ4v) is 4.34. The summed E-state index contributed by atoms with van der Waals surface area (Å²) in [5, 5.41) is 2.96. The van der Waals surface area contributed by atoms with Gasteiger partial charge in [-0.3, -0.25) is 4.79 Å². The molecule has 0 aliphatic heterocycles. The molecule has 0 spiro atoms. The number of hydrogen-bond donors (Lipinski definition) is 1. The minimum absolute atomic E-state index is 0.0428. The number of unbranched alkanes of at least 4 members (excludes halogenated alkanes) is 8. The summed E-state index contributed by atoms with van der Waals surface area (Å²) in [6.45, 7) is 3.95. The van der Waals surface area contributed by atoms with Crippen molar-refractivity contribution in [2.45, 2.75) is 84.1 Å². The second-order valence-corrected chi connectivity index (χ2v) is 9.05. The van der Waals surface area contributed by atoms with Crippen LogP contribution >= 0.6 is 0 Å². The van der Waals surface area contributed by atoms with Gasteiger partial charge in [0.15, 0.2) is 6.61 Å². The molecule has 0 bridgehead atoms. The molecule has 0 unspecified atom stereocenters. The Bertz CT molecular complexity index is 968. The zero-order valence-electron chi connectivity index (χ0n) is 20.8. The highest BCUT2D eigenvalue weighted by Gasteiger charge is 2.10. The minimum atomic E-state index is -0.0907. The van der Waals surface area contributed by atoms with Gasteiger partial charge in [0, 0.05) is 19.5 Å². The van der Waals surface area contributed by atoms with Crippen molar-refractivity contribution >= 4 is 16.9 Å². The lowest BCUT2D eigenvalue weighted by molar-refractivity contribution is -0.123. The van der Waals surface area contributed by atoms with Crippen LogP contribution in [-0.2, 0) is 17.8 Å². The normalized spacial score (nSPS) is 11.1. The molecule has 0 saturated heterocycles. The summed E-state index contributed by atoms with van der Waals surface area (Å²) in [6, 6.07) is 17.8. The van der Waals surface area contributed by atoms with Crippen LogP contribution in [0.15, 0.2) is 54.6 Å².